The number of hydrogen-bond donors (Lipinski definition) is 3. The van der Waals surface area contributed by atoms with Gasteiger partial charge in [0.1, 0.15) is 5.69 Å². The third kappa shape index (κ3) is 4.14. The standard InChI is InChI=1S/C12H17N3O3/c1-7(2)5-9(13)11(16)15-8-3-4-10(12(17)18)14-6-8/h3-4,6-7,9H,5,13H2,1-2H3,(H,15,16)(H,17,18)/t9-/m1/s1. The third-order valence-electron chi connectivity index (χ3n) is 2.31. The van der Waals surface area contributed by atoms with Gasteiger partial charge in [-0.15, -0.1) is 0 Å². The fraction of sp³-hybridized carbons (Fsp3) is 0.417. The van der Waals surface area contributed by atoms with Crippen molar-refractivity contribution in [1.82, 2.24) is 4.98 Å². The van der Waals surface area contributed by atoms with Crippen molar-refractivity contribution in [2.45, 2.75) is 26.3 Å². The van der Waals surface area contributed by atoms with Crippen molar-refractivity contribution in [3.63, 3.8) is 0 Å². The summed E-state index contributed by atoms with van der Waals surface area (Å²) >= 11 is 0. The highest BCUT2D eigenvalue weighted by molar-refractivity contribution is 5.94. The highest BCUT2D eigenvalue weighted by atomic mass is 16.4. The largest absolute Gasteiger partial charge is 0.477 e. The number of nitrogens with two attached hydrogens (primary N) is 1. The van der Waals surface area contributed by atoms with Crippen LogP contribution in [0.25, 0.3) is 0 Å². The van der Waals surface area contributed by atoms with Gasteiger partial charge < -0.3 is 16.2 Å². The number of carboxylic acid groups (broad SMARTS) is 1. The summed E-state index contributed by atoms with van der Waals surface area (Å²) in [5.41, 5.74) is 6.08. The van der Waals surface area contributed by atoms with Gasteiger partial charge in [0.25, 0.3) is 0 Å². The van der Waals surface area contributed by atoms with E-state index in [1.54, 1.807) is 0 Å². The van der Waals surface area contributed by atoms with E-state index >= 15 is 0 Å². The number of carbonyl (C=O) groups is 2. The Morgan fingerprint density at radius 1 is 1.44 bits per heavy atom. The molecule has 0 aliphatic heterocycles. The Bertz CT molecular complexity index is 429. The average Bonchev–Trinajstić information content (AvgIpc) is 2.28. The van der Waals surface area contributed by atoms with Crippen LogP contribution >= 0.6 is 0 Å². The van der Waals surface area contributed by atoms with Crippen molar-refractivity contribution >= 4 is 17.6 Å². The first-order valence-electron chi connectivity index (χ1n) is 5.66. The second kappa shape index (κ2) is 6.11. The van der Waals surface area contributed by atoms with Crippen molar-refractivity contribution < 1.29 is 14.7 Å². The van der Waals surface area contributed by atoms with Crippen LogP contribution in [0.1, 0.15) is 30.8 Å². The number of nitrogens with zero attached hydrogens (tertiary/aromatic N) is 1. The number of aromatic carboxylic acids is 1. The van der Waals surface area contributed by atoms with Crippen LogP contribution in [-0.2, 0) is 4.79 Å². The predicted molar refractivity (Wildman–Crippen MR) is 67.3 cm³/mol. The lowest BCUT2D eigenvalue weighted by molar-refractivity contribution is -0.117. The molecule has 0 aliphatic rings. The van der Waals surface area contributed by atoms with Gasteiger partial charge in [-0.2, -0.15) is 0 Å². The fourth-order valence-corrected chi connectivity index (χ4v) is 1.44. The van der Waals surface area contributed by atoms with E-state index in [1.165, 1.54) is 18.3 Å². The number of amides is 1. The summed E-state index contributed by atoms with van der Waals surface area (Å²) in [6.07, 6.45) is 1.88. The third-order valence-corrected chi connectivity index (χ3v) is 2.31. The Balaban J connectivity index is 2.62. The number of nitrogens with one attached hydrogen (secondary N) is 1. The second-order valence-electron chi connectivity index (χ2n) is 4.46. The molecule has 1 amide bonds. The molecule has 1 aromatic rings. The molecule has 0 spiro atoms. The molecule has 98 valence electrons. The van der Waals surface area contributed by atoms with Crippen LogP contribution in [0.15, 0.2) is 18.3 Å². The lowest BCUT2D eigenvalue weighted by Gasteiger charge is -2.13. The minimum absolute atomic E-state index is 0.0699. The number of rotatable bonds is 5. The number of hydrogen-bond acceptors (Lipinski definition) is 4. The number of anilines is 1. The summed E-state index contributed by atoms with van der Waals surface area (Å²) in [5.74, 6) is -1.07. The van der Waals surface area contributed by atoms with E-state index in [4.69, 9.17) is 10.8 Å². The van der Waals surface area contributed by atoms with Gasteiger partial charge >= 0.3 is 5.97 Å². The van der Waals surface area contributed by atoms with Gasteiger partial charge in [0.2, 0.25) is 5.91 Å². The Labute approximate surface area is 105 Å². The lowest BCUT2D eigenvalue weighted by Crippen LogP contribution is -2.36. The summed E-state index contributed by atoms with van der Waals surface area (Å²) in [5, 5.41) is 11.3. The topological polar surface area (TPSA) is 105 Å². The number of aromatic nitrogens is 1. The Hall–Kier alpha value is -1.95. The summed E-state index contributed by atoms with van der Waals surface area (Å²) < 4.78 is 0. The van der Waals surface area contributed by atoms with E-state index in [0.717, 1.165) is 0 Å². The average molecular weight is 251 g/mol. The van der Waals surface area contributed by atoms with Gasteiger partial charge in [-0.05, 0) is 24.5 Å². The molecule has 6 heteroatoms. The van der Waals surface area contributed by atoms with Crippen molar-refractivity contribution in [2.75, 3.05) is 5.32 Å². The molecule has 1 rings (SSSR count). The molecule has 1 atom stereocenters. The van der Waals surface area contributed by atoms with Crippen LogP contribution in [0.4, 0.5) is 5.69 Å². The first kappa shape index (κ1) is 14.1. The molecule has 0 saturated carbocycles. The molecule has 0 fully saturated rings. The smallest absolute Gasteiger partial charge is 0.354 e. The molecule has 0 saturated heterocycles. The van der Waals surface area contributed by atoms with Crippen LogP contribution in [0.3, 0.4) is 0 Å². The van der Waals surface area contributed by atoms with Crippen LogP contribution in [0, 0.1) is 5.92 Å². The monoisotopic (exact) mass is 251 g/mol. The Morgan fingerprint density at radius 2 is 2.11 bits per heavy atom. The van der Waals surface area contributed by atoms with Crippen LogP contribution < -0.4 is 11.1 Å². The molecule has 0 radical (unpaired) electrons. The fourth-order valence-electron chi connectivity index (χ4n) is 1.44. The van der Waals surface area contributed by atoms with Crippen molar-refractivity contribution in [2.24, 2.45) is 11.7 Å². The second-order valence-corrected chi connectivity index (χ2v) is 4.46. The highest BCUT2D eigenvalue weighted by Gasteiger charge is 2.15. The Morgan fingerprint density at radius 3 is 2.56 bits per heavy atom. The maximum Gasteiger partial charge on any atom is 0.354 e. The molecular formula is C12H17N3O3. The van der Waals surface area contributed by atoms with E-state index in [9.17, 15) is 9.59 Å². The summed E-state index contributed by atoms with van der Waals surface area (Å²) in [4.78, 5) is 26.0. The zero-order valence-corrected chi connectivity index (χ0v) is 10.4. The van der Waals surface area contributed by atoms with Gasteiger partial charge in [0, 0.05) is 0 Å². The van der Waals surface area contributed by atoms with E-state index in [-0.39, 0.29) is 11.6 Å². The number of pyridine rings is 1. The molecular weight excluding hydrogens is 234 g/mol. The molecule has 0 bridgehead atoms. The SMILES string of the molecule is CC(C)C[C@@H](N)C(=O)Nc1ccc(C(=O)O)nc1. The van der Waals surface area contributed by atoms with Crippen LogP contribution in [0.2, 0.25) is 0 Å². The van der Waals surface area contributed by atoms with Crippen LogP contribution in [-0.4, -0.2) is 28.0 Å². The number of carbonyl (C=O) groups excluding carboxylic acids is 1. The lowest BCUT2D eigenvalue weighted by atomic mass is 10.0. The zero-order chi connectivity index (χ0) is 13.7. The van der Waals surface area contributed by atoms with Crippen molar-refractivity contribution in [3.8, 4) is 0 Å². The van der Waals surface area contributed by atoms with Gasteiger partial charge in [0.15, 0.2) is 0 Å². The van der Waals surface area contributed by atoms with E-state index in [0.29, 0.717) is 18.0 Å². The summed E-state index contributed by atoms with van der Waals surface area (Å²) in [7, 11) is 0. The maximum absolute atomic E-state index is 11.7. The van der Waals surface area contributed by atoms with Gasteiger partial charge in [-0.1, -0.05) is 13.8 Å². The minimum atomic E-state index is -1.11. The first-order valence-corrected chi connectivity index (χ1v) is 5.66. The molecule has 1 aromatic heterocycles. The molecule has 0 aromatic carbocycles. The van der Waals surface area contributed by atoms with Crippen LogP contribution in [0.5, 0.6) is 0 Å². The van der Waals surface area contributed by atoms with Crippen molar-refractivity contribution in [1.29, 1.82) is 0 Å². The molecule has 4 N–H and O–H groups in total. The summed E-state index contributed by atoms with van der Waals surface area (Å²) in [6.45, 7) is 3.96. The van der Waals surface area contributed by atoms with E-state index < -0.39 is 12.0 Å². The van der Waals surface area contributed by atoms with E-state index in [1.807, 2.05) is 13.8 Å². The molecule has 18 heavy (non-hydrogen) atoms. The van der Waals surface area contributed by atoms with E-state index in [2.05, 4.69) is 10.3 Å². The molecule has 0 unspecified atom stereocenters. The quantitative estimate of drug-likeness (QED) is 0.726. The maximum atomic E-state index is 11.7. The molecule has 6 nitrogen and oxygen atoms in total. The van der Waals surface area contributed by atoms with Gasteiger partial charge in [0.05, 0.1) is 17.9 Å². The van der Waals surface area contributed by atoms with Crippen molar-refractivity contribution in [3.05, 3.63) is 24.0 Å². The molecule has 0 aliphatic carbocycles. The van der Waals surface area contributed by atoms with Gasteiger partial charge in [-0.3, -0.25) is 4.79 Å². The zero-order valence-electron chi connectivity index (χ0n) is 10.4. The Kier molecular flexibility index (Phi) is 4.79. The highest BCUT2D eigenvalue weighted by Crippen LogP contribution is 2.09. The van der Waals surface area contributed by atoms with Gasteiger partial charge in [-0.25, -0.2) is 9.78 Å². The number of carboxylic acids is 1. The summed E-state index contributed by atoms with van der Waals surface area (Å²) in [6, 6.07) is 2.23. The molecule has 1 heterocycles. The minimum Gasteiger partial charge on any atom is -0.477 e. The normalized spacial score (nSPS) is 12.2. The first-order chi connectivity index (χ1) is 8.40. The predicted octanol–water partition coefficient (Wildman–Crippen LogP) is 1.09.